The lowest BCUT2D eigenvalue weighted by Gasteiger charge is -2.21. The van der Waals surface area contributed by atoms with Crippen LogP contribution in [-0.4, -0.2) is 25.5 Å². The summed E-state index contributed by atoms with van der Waals surface area (Å²) in [5.74, 6) is 0.479. The third-order valence-corrected chi connectivity index (χ3v) is 3.50. The molecule has 0 spiro atoms. The lowest BCUT2D eigenvalue weighted by atomic mass is 9.85. The lowest BCUT2D eigenvalue weighted by molar-refractivity contribution is -0.140. The molecule has 1 aromatic rings. The summed E-state index contributed by atoms with van der Waals surface area (Å²) in [6.07, 6.45) is 0.205. The first-order valence-electron chi connectivity index (χ1n) is 8.02. The van der Waals surface area contributed by atoms with E-state index in [4.69, 9.17) is 4.74 Å². The lowest BCUT2D eigenvalue weighted by Crippen LogP contribution is -2.15. The highest BCUT2D eigenvalue weighted by molar-refractivity contribution is 6.00. The van der Waals surface area contributed by atoms with Crippen LogP contribution in [0.1, 0.15) is 63.4 Å². The van der Waals surface area contributed by atoms with E-state index in [2.05, 4.69) is 39.4 Å². The molecular weight excluding hydrogens is 292 g/mol. The summed E-state index contributed by atoms with van der Waals surface area (Å²) >= 11 is 0. The van der Waals surface area contributed by atoms with Crippen LogP contribution in [0.4, 0.5) is 0 Å². The highest BCUT2D eigenvalue weighted by Gasteiger charge is 2.20. The molecule has 0 aliphatic heterocycles. The number of Topliss-reactive ketones (excluding diaryl/α,β-unsaturated/α-hetero) is 1. The van der Waals surface area contributed by atoms with Gasteiger partial charge in [-0.1, -0.05) is 40.7 Å². The number of esters is 1. The van der Waals surface area contributed by atoms with Crippen LogP contribution in [0.5, 0.6) is 5.75 Å². The molecule has 0 radical (unpaired) electrons. The Morgan fingerprint density at radius 3 is 2.30 bits per heavy atom. The first-order valence-corrected chi connectivity index (χ1v) is 8.02. The van der Waals surface area contributed by atoms with E-state index < -0.39 is 0 Å². The van der Waals surface area contributed by atoms with Gasteiger partial charge in [-0.05, 0) is 29.0 Å². The summed E-state index contributed by atoms with van der Waals surface area (Å²) in [5.41, 5.74) is 1.55. The van der Waals surface area contributed by atoms with Crippen LogP contribution < -0.4 is 4.74 Å². The van der Waals surface area contributed by atoms with Crippen LogP contribution in [0.3, 0.4) is 0 Å². The van der Waals surface area contributed by atoms with Crippen LogP contribution in [0.2, 0.25) is 0 Å². The van der Waals surface area contributed by atoms with E-state index >= 15 is 0 Å². The average molecular weight is 320 g/mol. The van der Waals surface area contributed by atoms with Crippen molar-refractivity contribution in [1.82, 2.24) is 0 Å². The van der Waals surface area contributed by atoms with Gasteiger partial charge in [0.25, 0.3) is 0 Å². The zero-order valence-corrected chi connectivity index (χ0v) is 15.1. The van der Waals surface area contributed by atoms with Crippen molar-refractivity contribution in [3.63, 3.8) is 0 Å². The molecule has 0 saturated carbocycles. The van der Waals surface area contributed by atoms with Crippen molar-refractivity contribution in [3.8, 4) is 5.75 Å². The fourth-order valence-electron chi connectivity index (χ4n) is 2.05. The van der Waals surface area contributed by atoms with E-state index in [9.17, 15) is 9.59 Å². The first-order chi connectivity index (χ1) is 10.6. The van der Waals surface area contributed by atoms with Gasteiger partial charge in [0.05, 0.1) is 25.7 Å². The minimum absolute atomic E-state index is 0.0616. The number of methoxy groups -OCH3 is 1. The van der Waals surface area contributed by atoms with Gasteiger partial charge < -0.3 is 9.47 Å². The van der Waals surface area contributed by atoms with Gasteiger partial charge in [0.1, 0.15) is 5.75 Å². The fourth-order valence-corrected chi connectivity index (χ4v) is 2.05. The van der Waals surface area contributed by atoms with Crippen molar-refractivity contribution in [2.45, 2.75) is 52.9 Å². The molecule has 0 aliphatic rings. The predicted molar refractivity (Wildman–Crippen MR) is 91.1 cm³/mol. The quantitative estimate of drug-likeness (QED) is 0.559. The predicted octanol–water partition coefficient (Wildman–Crippen LogP) is 4.15. The zero-order valence-electron chi connectivity index (χ0n) is 15.1. The van der Waals surface area contributed by atoms with Crippen molar-refractivity contribution in [2.75, 3.05) is 13.7 Å². The average Bonchev–Trinajstić information content (AvgIpc) is 2.48. The molecule has 0 aliphatic carbocycles. The Morgan fingerprint density at radius 2 is 1.78 bits per heavy atom. The highest BCUT2D eigenvalue weighted by Crippen LogP contribution is 2.29. The molecule has 0 bridgehead atoms. The summed E-state index contributed by atoms with van der Waals surface area (Å²) in [6, 6.07) is 5.73. The van der Waals surface area contributed by atoms with E-state index in [0.717, 1.165) is 5.56 Å². The maximum atomic E-state index is 12.5. The Labute approximate surface area is 139 Å². The second-order valence-electron chi connectivity index (χ2n) is 7.17. The normalized spacial score (nSPS) is 11.4. The maximum absolute atomic E-state index is 12.5. The summed E-state index contributed by atoms with van der Waals surface area (Å²) in [7, 11) is 1.32. The number of hydrogen-bond acceptors (Lipinski definition) is 4. The minimum Gasteiger partial charge on any atom is -0.493 e. The fraction of sp³-hybridized carbons (Fsp3) is 0.579. The molecule has 0 fully saturated rings. The van der Waals surface area contributed by atoms with E-state index in [1.54, 1.807) is 0 Å². The van der Waals surface area contributed by atoms with Gasteiger partial charge in [-0.15, -0.1) is 0 Å². The number of carbonyl (C=O) groups excluding carboxylic acids is 2. The third kappa shape index (κ3) is 6.05. The van der Waals surface area contributed by atoms with Crippen molar-refractivity contribution in [1.29, 1.82) is 0 Å². The SMILES string of the molecule is COC(=O)CCC(=O)c1cc(C(C)(C)C)ccc1OCC(C)C. The summed E-state index contributed by atoms with van der Waals surface area (Å²) in [5, 5.41) is 0. The van der Waals surface area contributed by atoms with Crippen LogP contribution in [0.15, 0.2) is 18.2 Å². The van der Waals surface area contributed by atoms with Gasteiger partial charge in [0, 0.05) is 6.42 Å². The van der Waals surface area contributed by atoms with Gasteiger partial charge >= 0.3 is 5.97 Å². The largest absolute Gasteiger partial charge is 0.493 e. The van der Waals surface area contributed by atoms with Gasteiger partial charge in [-0.25, -0.2) is 0 Å². The summed E-state index contributed by atoms with van der Waals surface area (Å²) in [6.45, 7) is 11.0. The molecule has 23 heavy (non-hydrogen) atoms. The Morgan fingerprint density at radius 1 is 1.13 bits per heavy atom. The molecule has 1 rings (SSSR count). The number of rotatable bonds is 7. The molecule has 0 amide bonds. The van der Waals surface area contributed by atoms with Crippen molar-refractivity contribution in [3.05, 3.63) is 29.3 Å². The van der Waals surface area contributed by atoms with Crippen molar-refractivity contribution in [2.24, 2.45) is 5.92 Å². The Balaban J connectivity index is 3.06. The second-order valence-corrected chi connectivity index (χ2v) is 7.17. The molecule has 128 valence electrons. The van der Waals surface area contributed by atoms with Crippen LogP contribution >= 0.6 is 0 Å². The standard InChI is InChI=1S/C19H28O4/c1-13(2)12-23-17-9-7-14(19(3,4)5)11-15(17)16(20)8-10-18(21)22-6/h7,9,11,13H,8,10,12H2,1-6H3. The zero-order chi connectivity index (χ0) is 17.6. The number of hydrogen-bond donors (Lipinski definition) is 0. The maximum Gasteiger partial charge on any atom is 0.305 e. The topological polar surface area (TPSA) is 52.6 Å². The van der Waals surface area contributed by atoms with Gasteiger partial charge in [0.15, 0.2) is 5.78 Å². The molecule has 0 saturated heterocycles. The van der Waals surface area contributed by atoms with Gasteiger partial charge in [-0.2, -0.15) is 0 Å². The molecule has 0 aromatic heterocycles. The Kier molecular flexibility index (Phi) is 6.79. The van der Waals surface area contributed by atoms with Crippen LogP contribution in [0, 0.1) is 5.92 Å². The number of benzene rings is 1. The number of ether oxygens (including phenoxy) is 2. The monoisotopic (exact) mass is 320 g/mol. The van der Waals surface area contributed by atoms with E-state index in [0.29, 0.717) is 23.8 Å². The molecular formula is C19H28O4. The van der Waals surface area contributed by atoms with Crippen molar-refractivity contribution >= 4 is 11.8 Å². The van der Waals surface area contributed by atoms with Crippen LogP contribution in [-0.2, 0) is 14.9 Å². The van der Waals surface area contributed by atoms with Crippen LogP contribution in [0.25, 0.3) is 0 Å². The van der Waals surface area contributed by atoms with E-state index in [1.165, 1.54) is 7.11 Å². The molecule has 1 aromatic carbocycles. The Bertz CT molecular complexity index is 553. The van der Waals surface area contributed by atoms with Gasteiger partial charge in [0.2, 0.25) is 0 Å². The Hall–Kier alpha value is -1.84. The molecule has 0 heterocycles. The second kappa shape index (κ2) is 8.14. The summed E-state index contributed by atoms with van der Waals surface area (Å²) in [4.78, 5) is 23.8. The molecule has 4 nitrogen and oxygen atoms in total. The number of ketones is 1. The number of carbonyl (C=O) groups is 2. The molecule has 0 N–H and O–H groups in total. The third-order valence-electron chi connectivity index (χ3n) is 3.50. The molecule has 0 atom stereocenters. The minimum atomic E-state index is -0.380. The molecule has 4 heteroatoms. The smallest absolute Gasteiger partial charge is 0.305 e. The summed E-state index contributed by atoms with van der Waals surface area (Å²) < 4.78 is 10.4. The molecule has 0 unspecified atom stereocenters. The highest BCUT2D eigenvalue weighted by atomic mass is 16.5. The van der Waals surface area contributed by atoms with E-state index in [-0.39, 0.29) is 30.0 Å². The van der Waals surface area contributed by atoms with Crippen molar-refractivity contribution < 1.29 is 19.1 Å². The first kappa shape index (κ1) is 19.2. The van der Waals surface area contributed by atoms with E-state index in [1.807, 2.05) is 18.2 Å². The van der Waals surface area contributed by atoms with Gasteiger partial charge in [-0.3, -0.25) is 9.59 Å².